The van der Waals surface area contributed by atoms with Gasteiger partial charge in [0.15, 0.2) is 0 Å². The first-order valence-corrected chi connectivity index (χ1v) is 6.98. The Balaban J connectivity index is 2.41. The van der Waals surface area contributed by atoms with Gasteiger partial charge in [-0.1, -0.05) is 18.2 Å². The lowest BCUT2D eigenvalue weighted by atomic mass is 10.1. The van der Waals surface area contributed by atoms with Crippen LogP contribution in [0.25, 0.3) is 0 Å². The molecule has 0 aliphatic rings. The van der Waals surface area contributed by atoms with E-state index in [4.69, 9.17) is 0 Å². The first kappa shape index (κ1) is 15.2. The predicted molar refractivity (Wildman–Crippen MR) is 84.7 cm³/mol. The van der Waals surface area contributed by atoms with Crippen LogP contribution in [0, 0.1) is 17.0 Å². The summed E-state index contributed by atoms with van der Waals surface area (Å²) in [4.78, 5) is 24.4. The number of hydrogen-bond acceptors (Lipinski definition) is 3. The van der Waals surface area contributed by atoms with E-state index in [-0.39, 0.29) is 21.6 Å². The summed E-state index contributed by atoms with van der Waals surface area (Å²) in [5, 5.41) is 10.9. The fourth-order valence-electron chi connectivity index (χ4n) is 1.96. The van der Waals surface area contributed by atoms with Crippen molar-refractivity contribution in [3.63, 3.8) is 0 Å². The smallest absolute Gasteiger partial charge is 0.284 e. The van der Waals surface area contributed by atoms with E-state index in [2.05, 4.69) is 15.9 Å². The van der Waals surface area contributed by atoms with Gasteiger partial charge in [0.05, 0.1) is 10.5 Å². The van der Waals surface area contributed by atoms with Crippen molar-refractivity contribution in [2.24, 2.45) is 0 Å². The summed E-state index contributed by atoms with van der Waals surface area (Å²) in [6, 6.07) is 11.9. The second-order valence-electron chi connectivity index (χ2n) is 4.60. The summed E-state index contributed by atoms with van der Waals surface area (Å²) in [5.74, 6) is -0.309. The van der Waals surface area contributed by atoms with Crippen molar-refractivity contribution < 1.29 is 9.72 Å². The highest BCUT2D eigenvalue weighted by atomic mass is 79.9. The van der Waals surface area contributed by atoms with E-state index >= 15 is 0 Å². The molecular weight excluding hydrogens is 336 g/mol. The van der Waals surface area contributed by atoms with Crippen molar-refractivity contribution in [3.05, 3.63) is 68.2 Å². The number of hydrogen-bond donors (Lipinski definition) is 0. The molecule has 0 aliphatic carbocycles. The molecule has 2 aromatic carbocycles. The fourth-order valence-corrected chi connectivity index (χ4v) is 2.54. The molecule has 108 valence electrons. The minimum atomic E-state index is -0.520. The van der Waals surface area contributed by atoms with Crippen molar-refractivity contribution in [2.45, 2.75) is 6.92 Å². The van der Waals surface area contributed by atoms with Crippen LogP contribution in [-0.4, -0.2) is 17.9 Å². The molecule has 1 amide bonds. The van der Waals surface area contributed by atoms with E-state index < -0.39 is 4.92 Å². The van der Waals surface area contributed by atoms with Gasteiger partial charge in [0, 0.05) is 18.8 Å². The molecule has 6 heteroatoms. The van der Waals surface area contributed by atoms with Gasteiger partial charge in [0.1, 0.15) is 4.47 Å². The maximum atomic E-state index is 12.5. The second-order valence-corrected chi connectivity index (χ2v) is 5.39. The lowest BCUT2D eigenvalue weighted by Crippen LogP contribution is -2.26. The number of benzene rings is 2. The van der Waals surface area contributed by atoms with Crippen molar-refractivity contribution in [1.82, 2.24) is 0 Å². The van der Waals surface area contributed by atoms with Gasteiger partial charge in [-0.25, -0.2) is 0 Å². The molecule has 0 fully saturated rings. The number of carbonyl (C=O) groups excluding carboxylic acids is 1. The number of aryl methyl sites for hydroxylation is 1. The molecule has 0 saturated carbocycles. The van der Waals surface area contributed by atoms with Crippen LogP contribution in [0.2, 0.25) is 0 Å². The molecule has 0 spiro atoms. The molecule has 21 heavy (non-hydrogen) atoms. The van der Waals surface area contributed by atoms with Crippen molar-refractivity contribution in [2.75, 3.05) is 11.9 Å². The Labute approximate surface area is 130 Å². The van der Waals surface area contributed by atoms with Gasteiger partial charge in [0.2, 0.25) is 0 Å². The zero-order chi connectivity index (χ0) is 15.6. The number of nitro groups is 1. The van der Waals surface area contributed by atoms with E-state index in [0.717, 1.165) is 11.3 Å². The average Bonchev–Trinajstić information content (AvgIpc) is 2.45. The maximum Gasteiger partial charge on any atom is 0.284 e. The fraction of sp³-hybridized carbons (Fsp3) is 0.133. The first-order valence-electron chi connectivity index (χ1n) is 6.19. The summed E-state index contributed by atoms with van der Waals surface area (Å²) in [6.45, 7) is 1.94. The molecule has 0 radical (unpaired) electrons. The van der Waals surface area contributed by atoms with Gasteiger partial charge >= 0.3 is 0 Å². The van der Waals surface area contributed by atoms with Crippen LogP contribution in [0.5, 0.6) is 0 Å². The highest BCUT2D eigenvalue weighted by Gasteiger charge is 2.22. The molecule has 2 rings (SSSR count). The molecule has 0 heterocycles. The Kier molecular flexibility index (Phi) is 4.37. The first-order chi connectivity index (χ1) is 9.91. The second kappa shape index (κ2) is 6.05. The lowest BCUT2D eigenvalue weighted by molar-refractivity contribution is -0.385. The van der Waals surface area contributed by atoms with Crippen molar-refractivity contribution in [3.8, 4) is 0 Å². The number of anilines is 1. The molecule has 0 N–H and O–H groups in total. The molecular formula is C15H13BrN2O3. The molecule has 0 atom stereocenters. The summed E-state index contributed by atoms with van der Waals surface area (Å²) in [5.41, 5.74) is 1.90. The van der Waals surface area contributed by atoms with Gasteiger partial charge < -0.3 is 4.90 Å². The highest BCUT2D eigenvalue weighted by molar-refractivity contribution is 9.10. The summed E-state index contributed by atoms with van der Waals surface area (Å²) < 4.78 is 0.194. The minimum absolute atomic E-state index is 0.126. The van der Waals surface area contributed by atoms with Crippen LogP contribution in [0.3, 0.4) is 0 Å². The Bertz CT molecular complexity index is 716. The topological polar surface area (TPSA) is 63.5 Å². The number of carbonyl (C=O) groups is 1. The minimum Gasteiger partial charge on any atom is -0.311 e. The zero-order valence-electron chi connectivity index (χ0n) is 11.5. The van der Waals surface area contributed by atoms with E-state index in [1.54, 1.807) is 13.1 Å². The molecule has 0 aliphatic heterocycles. The molecule has 0 bridgehead atoms. The van der Waals surface area contributed by atoms with Crippen LogP contribution in [0.15, 0.2) is 46.9 Å². The predicted octanol–water partition coefficient (Wildman–Crippen LogP) is 3.94. The van der Waals surface area contributed by atoms with E-state index in [1.807, 2.05) is 31.2 Å². The average molecular weight is 349 g/mol. The Hall–Kier alpha value is -2.21. The normalized spacial score (nSPS) is 10.2. The largest absolute Gasteiger partial charge is 0.311 e. The maximum absolute atomic E-state index is 12.5. The number of amides is 1. The molecule has 2 aromatic rings. The highest BCUT2D eigenvalue weighted by Crippen LogP contribution is 2.30. The van der Waals surface area contributed by atoms with Crippen LogP contribution >= 0.6 is 15.9 Å². The van der Waals surface area contributed by atoms with Crippen molar-refractivity contribution >= 4 is 33.2 Å². The number of nitrogens with zero attached hydrogens (tertiary/aromatic N) is 2. The van der Waals surface area contributed by atoms with Crippen LogP contribution < -0.4 is 4.90 Å². The van der Waals surface area contributed by atoms with Gasteiger partial charge in [-0.2, -0.15) is 0 Å². The molecule has 0 saturated heterocycles. The SMILES string of the molecule is Cc1cccc(N(C)C(=O)c2cccc([N+](=O)[O-])c2Br)c1. The van der Waals surface area contributed by atoms with E-state index in [1.165, 1.54) is 17.0 Å². The summed E-state index contributed by atoms with van der Waals surface area (Å²) >= 11 is 3.15. The van der Waals surface area contributed by atoms with Gasteiger partial charge in [-0.3, -0.25) is 14.9 Å². The molecule has 5 nitrogen and oxygen atoms in total. The molecule has 0 unspecified atom stereocenters. The van der Waals surface area contributed by atoms with Crippen LogP contribution in [0.1, 0.15) is 15.9 Å². The summed E-state index contributed by atoms with van der Waals surface area (Å²) in [6.07, 6.45) is 0. The third kappa shape index (κ3) is 3.11. The standard InChI is InChI=1S/C15H13BrN2O3/c1-10-5-3-6-11(9-10)17(2)15(19)12-7-4-8-13(14(12)16)18(20)21/h3-9H,1-2H3. The zero-order valence-corrected chi connectivity index (χ0v) is 13.1. The van der Waals surface area contributed by atoms with Gasteiger partial charge in [0.25, 0.3) is 11.6 Å². The number of nitro benzene ring substituents is 1. The third-order valence-corrected chi connectivity index (χ3v) is 3.93. The van der Waals surface area contributed by atoms with Crippen LogP contribution in [-0.2, 0) is 0 Å². The molecule has 0 aromatic heterocycles. The monoisotopic (exact) mass is 348 g/mol. The van der Waals surface area contributed by atoms with Gasteiger partial charge in [-0.05, 0) is 46.6 Å². The third-order valence-electron chi connectivity index (χ3n) is 3.10. The quantitative estimate of drug-likeness (QED) is 0.623. The van der Waals surface area contributed by atoms with Crippen molar-refractivity contribution in [1.29, 1.82) is 0 Å². The van der Waals surface area contributed by atoms with E-state index in [0.29, 0.717) is 0 Å². The Morgan fingerprint density at radius 2 is 1.90 bits per heavy atom. The Morgan fingerprint density at radius 1 is 1.24 bits per heavy atom. The summed E-state index contributed by atoms with van der Waals surface area (Å²) in [7, 11) is 1.64. The van der Waals surface area contributed by atoms with Gasteiger partial charge in [-0.15, -0.1) is 0 Å². The Morgan fingerprint density at radius 3 is 2.52 bits per heavy atom. The number of halogens is 1. The van der Waals surface area contributed by atoms with Crippen LogP contribution in [0.4, 0.5) is 11.4 Å². The lowest BCUT2D eigenvalue weighted by Gasteiger charge is -2.18. The number of rotatable bonds is 3. The van der Waals surface area contributed by atoms with E-state index in [9.17, 15) is 14.9 Å².